The lowest BCUT2D eigenvalue weighted by molar-refractivity contribution is -0.161. The molecule has 0 aromatic carbocycles. The summed E-state index contributed by atoms with van der Waals surface area (Å²) in [6, 6.07) is 0. The van der Waals surface area contributed by atoms with Gasteiger partial charge >= 0.3 is 39.5 Å². The van der Waals surface area contributed by atoms with Gasteiger partial charge in [-0.1, -0.05) is 275 Å². The highest BCUT2D eigenvalue weighted by molar-refractivity contribution is 7.47. The molecule has 0 aromatic heterocycles. The van der Waals surface area contributed by atoms with Gasteiger partial charge in [-0.15, -0.1) is 0 Å². The molecule has 0 saturated heterocycles. The van der Waals surface area contributed by atoms with Gasteiger partial charge < -0.3 is 33.8 Å². The summed E-state index contributed by atoms with van der Waals surface area (Å²) in [6.07, 6.45) is 89.3. The van der Waals surface area contributed by atoms with Crippen molar-refractivity contribution in [2.24, 2.45) is 0 Å². The fourth-order valence-electron chi connectivity index (χ4n) is 9.76. The molecule has 0 aliphatic rings. The van der Waals surface area contributed by atoms with Crippen molar-refractivity contribution in [1.29, 1.82) is 0 Å². The molecule has 0 heterocycles. The van der Waals surface area contributed by atoms with Crippen molar-refractivity contribution in [3.63, 3.8) is 0 Å². The van der Waals surface area contributed by atoms with Gasteiger partial charge in [-0.25, -0.2) is 9.13 Å². The van der Waals surface area contributed by atoms with Crippen LogP contribution in [0.2, 0.25) is 0 Å². The molecule has 19 heteroatoms. The summed E-state index contributed by atoms with van der Waals surface area (Å²) < 4.78 is 68.4. The first-order valence-corrected chi connectivity index (χ1v) is 42.4. The van der Waals surface area contributed by atoms with Crippen LogP contribution in [0, 0.1) is 0 Å². The Hall–Kier alpha value is -5.58. The predicted octanol–water partition coefficient (Wildman–Crippen LogP) is 23.0. The summed E-state index contributed by atoms with van der Waals surface area (Å²) in [5.41, 5.74) is 0. The van der Waals surface area contributed by atoms with E-state index < -0.39 is 97.5 Å². The van der Waals surface area contributed by atoms with Crippen LogP contribution in [0.5, 0.6) is 0 Å². The van der Waals surface area contributed by atoms with Crippen LogP contribution in [-0.4, -0.2) is 96.7 Å². The van der Waals surface area contributed by atoms with E-state index in [9.17, 15) is 43.2 Å². The number of hydrogen-bond donors (Lipinski definition) is 3. The number of aliphatic hydroxyl groups excluding tert-OH is 1. The second-order valence-electron chi connectivity index (χ2n) is 25.5. The topological polar surface area (TPSA) is 237 Å². The second-order valence-corrected chi connectivity index (χ2v) is 28.4. The molecular formula is C85H138O17P2. The van der Waals surface area contributed by atoms with E-state index in [1.807, 2.05) is 18.2 Å². The van der Waals surface area contributed by atoms with Gasteiger partial charge in [0.2, 0.25) is 0 Å². The summed E-state index contributed by atoms with van der Waals surface area (Å²) >= 11 is 0. The van der Waals surface area contributed by atoms with Crippen molar-refractivity contribution in [2.75, 3.05) is 39.6 Å². The predicted molar refractivity (Wildman–Crippen MR) is 426 cm³/mol. The standard InChI is InChI=1S/C85H138O17P2/c1-5-9-13-17-21-25-29-32-35-38-39-42-44-47-51-54-58-62-66-70-83(88)96-76-81(102-85(90)72-68-64-60-56-52-48-45-41-37-34-31-27-23-19-15-11-7-3)78-100-104(93,94)98-74-79(86)73-97-103(91,92)99-77-80(101-84(89)71-67-63-59-55-49-28-24-20-16-12-8-4)75-95-82(87)69-65-61-57-53-50-46-43-40-36-33-30-26-22-18-14-10-6-2/h9-11,13-15,20-27,32-37,39,42,45,47-48,51,58,62,79-81,86H,5-8,12,16-19,28-31,38,40-41,43-44,46,49-50,52-57,59-61,63-78H2,1-4H3,(H,91,92)(H,93,94)/b13-9-,14-10-,15-11-,24-20-,25-21-,26-22-,27-23-,35-32-,36-33-,37-34-,42-39-,48-45-,51-47-,62-58-. The zero-order chi connectivity index (χ0) is 76.0. The molecule has 17 nitrogen and oxygen atoms in total. The lowest BCUT2D eigenvalue weighted by Gasteiger charge is -2.21. The Bertz CT molecular complexity index is 2640. The van der Waals surface area contributed by atoms with E-state index in [-0.39, 0.29) is 25.7 Å². The van der Waals surface area contributed by atoms with Crippen molar-refractivity contribution in [3.05, 3.63) is 170 Å². The van der Waals surface area contributed by atoms with Gasteiger partial charge in [-0.2, -0.15) is 0 Å². The van der Waals surface area contributed by atoms with E-state index in [2.05, 4.69) is 180 Å². The molecule has 0 aliphatic heterocycles. The molecular weight excluding hydrogens is 1350 g/mol. The van der Waals surface area contributed by atoms with Crippen LogP contribution in [0.15, 0.2) is 170 Å². The highest BCUT2D eigenvalue weighted by Gasteiger charge is 2.30. The SMILES string of the molecule is CC/C=C\C/C=C\C/C=C\C/C=C\C/C=C\C/C=C\CCC(=O)OCC(COP(=O)(O)OCC(O)COP(=O)(O)OCC(COC(=O)CCCCCCCCC/C=C\C/C=C\C/C=C\CC)OC(=O)CCCCCCC/C=C\CCCC)OC(=O)CCCCCC/C=C\C/C=C\C/C=C\C/C=C\CC. The van der Waals surface area contributed by atoms with Gasteiger partial charge in [0.25, 0.3) is 0 Å². The number of carbonyl (C=O) groups is 4. The lowest BCUT2D eigenvalue weighted by atomic mass is 10.1. The fraction of sp³-hybridized carbons (Fsp3) is 0.624. The zero-order valence-corrected chi connectivity index (χ0v) is 66.2. The maximum absolute atomic E-state index is 13.1. The number of aliphatic hydroxyl groups is 1. The van der Waals surface area contributed by atoms with Gasteiger partial charge in [-0.05, 0) is 154 Å². The number of phosphoric acid groups is 2. The normalized spacial score (nSPS) is 14.8. The van der Waals surface area contributed by atoms with Gasteiger partial charge in [0.05, 0.1) is 26.4 Å². The molecule has 0 amide bonds. The Morgan fingerprint density at radius 3 is 0.837 bits per heavy atom. The largest absolute Gasteiger partial charge is 0.472 e. The van der Waals surface area contributed by atoms with Crippen molar-refractivity contribution >= 4 is 39.5 Å². The van der Waals surface area contributed by atoms with Crippen molar-refractivity contribution in [2.45, 2.75) is 303 Å². The third-order valence-electron chi connectivity index (χ3n) is 15.7. The average molecular weight is 1490 g/mol. The number of unbranched alkanes of at least 4 members (excludes halogenated alkanes) is 18. The highest BCUT2D eigenvalue weighted by atomic mass is 31.2. The van der Waals surface area contributed by atoms with Gasteiger partial charge in [0, 0.05) is 25.7 Å². The summed E-state index contributed by atoms with van der Waals surface area (Å²) in [4.78, 5) is 72.9. The molecule has 0 radical (unpaired) electrons. The minimum atomic E-state index is -5.01. The van der Waals surface area contributed by atoms with Gasteiger partial charge in [-0.3, -0.25) is 37.3 Å². The summed E-state index contributed by atoms with van der Waals surface area (Å²) in [6.45, 7) is 4.34. The number of hydrogen-bond acceptors (Lipinski definition) is 15. The van der Waals surface area contributed by atoms with Crippen LogP contribution in [-0.2, 0) is 65.4 Å². The third kappa shape index (κ3) is 74.7. The van der Waals surface area contributed by atoms with Crippen LogP contribution < -0.4 is 0 Å². The van der Waals surface area contributed by atoms with E-state index in [0.29, 0.717) is 32.1 Å². The van der Waals surface area contributed by atoms with E-state index in [0.717, 1.165) is 186 Å². The van der Waals surface area contributed by atoms with Crippen molar-refractivity contribution in [1.82, 2.24) is 0 Å². The third-order valence-corrected chi connectivity index (χ3v) is 17.6. The number of carbonyl (C=O) groups excluding carboxylic acids is 4. The molecule has 590 valence electrons. The maximum Gasteiger partial charge on any atom is 0.472 e. The van der Waals surface area contributed by atoms with E-state index >= 15 is 0 Å². The molecule has 104 heavy (non-hydrogen) atoms. The molecule has 0 bridgehead atoms. The molecule has 0 rings (SSSR count). The first-order chi connectivity index (χ1) is 50.7. The number of esters is 4. The number of ether oxygens (including phenoxy) is 4. The minimum absolute atomic E-state index is 0.0243. The van der Waals surface area contributed by atoms with Crippen LogP contribution >= 0.6 is 15.6 Å². The molecule has 0 spiro atoms. The van der Waals surface area contributed by atoms with Crippen molar-refractivity contribution < 1.29 is 80.2 Å². The van der Waals surface area contributed by atoms with Crippen LogP contribution in [0.4, 0.5) is 0 Å². The second kappa shape index (κ2) is 75.6. The smallest absolute Gasteiger partial charge is 0.462 e. The Kier molecular flexibility index (Phi) is 71.6. The first-order valence-electron chi connectivity index (χ1n) is 39.4. The average Bonchev–Trinajstić information content (AvgIpc) is 0.931. The monoisotopic (exact) mass is 1490 g/mol. The fourth-order valence-corrected chi connectivity index (χ4v) is 11.3. The molecule has 0 aromatic rings. The molecule has 5 atom stereocenters. The molecule has 5 unspecified atom stereocenters. The van der Waals surface area contributed by atoms with Gasteiger partial charge in [0.1, 0.15) is 19.3 Å². The molecule has 0 aliphatic carbocycles. The van der Waals surface area contributed by atoms with Crippen LogP contribution in [0.3, 0.4) is 0 Å². The lowest BCUT2D eigenvalue weighted by Crippen LogP contribution is -2.30. The maximum atomic E-state index is 13.1. The van der Waals surface area contributed by atoms with Crippen molar-refractivity contribution in [3.8, 4) is 0 Å². The van der Waals surface area contributed by atoms with Gasteiger partial charge in [0.15, 0.2) is 12.2 Å². The Labute approximate surface area is 629 Å². The molecule has 0 saturated carbocycles. The highest BCUT2D eigenvalue weighted by Crippen LogP contribution is 2.45. The number of phosphoric ester groups is 2. The summed E-state index contributed by atoms with van der Waals surface area (Å²) in [5.74, 6) is -2.33. The van der Waals surface area contributed by atoms with E-state index in [4.69, 9.17) is 37.0 Å². The Balaban J connectivity index is 5.45. The summed E-state index contributed by atoms with van der Waals surface area (Å²) in [5, 5.41) is 10.6. The number of allylic oxidation sites excluding steroid dienone is 28. The minimum Gasteiger partial charge on any atom is -0.462 e. The molecule has 0 fully saturated rings. The van der Waals surface area contributed by atoms with E-state index in [1.54, 1.807) is 0 Å². The quantitative estimate of drug-likeness (QED) is 0.0169. The molecule has 3 N–H and O–H groups in total. The Morgan fingerprint density at radius 2 is 0.519 bits per heavy atom. The van der Waals surface area contributed by atoms with E-state index in [1.165, 1.54) is 12.8 Å². The Morgan fingerprint density at radius 1 is 0.279 bits per heavy atom. The summed E-state index contributed by atoms with van der Waals surface area (Å²) in [7, 11) is -10.00. The number of rotatable bonds is 72. The zero-order valence-electron chi connectivity index (χ0n) is 64.4. The van der Waals surface area contributed by atoms with Crippen LogP contribution in [0.25, 0.3) is 0 Å². The first kappa shape index (κ1) is 98.4. The van der Waals surface area contributed by atoms with Crippen LogP contribution in [0.1, 0.15) is 285 Å².